The Morgan fingerprint density at radius 2 is 2.22 bits per heavy atom. The highest BCUT2D eigenvalue weighted by Crippen LogP contribution is 2.20. The number of hydrogen-bond acceptors (Lipinski definition) is 4. The topological polar surface area (TPSA) is 112 Å². The van der Waals surface area contributed by atoms with Crippen LogP contribution < -0.4 is 4.72 Å². The number of carboxylic acid groups (broad SMARTS) is 1. The third kappa shape index (κ3) is 3.08. The molecule has 0 spiro atoms. The van der Waals surface area contributed by atoms with E-state index in [2.05, 4.69) is 14.7 Å². The van der Waals surface area contributed by atoms with Gasteiger partial charge in [0.25, 0.3) is 10.0 Å². The Labute approximate surface area is 106 Å². The van der Waals surface area contributed by atoms with E-state index in [9.17, 15) is 13.2 Å². The lowest BCUT2D eigenvalue weighted by molar-refractivity contribution is -0.147. The van der Waals surface area contributed by atoms with Gasteiger partial charge in [0.2, 0.25) is 0 Å². The van der Waals surface area contributed by atoms with Crippen LogP contribution in [-0.4, -0.2) is 36.0 Å². The van der Waals surface area contributed by atoms with Gasteiger partial charge < -0.3 is 10.1 Å². The van der Waals surface area contributed by atoms with Crippen molar-refractivity contribution in [2.24, 2.45) is 5.41 Å². The van der Waals surface area contributed by atoms with E-state index in [1.54, 1.807) is 13.8 Å². The highest BCUT2D eigenvalue weighted by atomic mass is 32.2. The molecule has 8 heteroatoms. The number of carboxylic acids is 1. The second-order valence-corrected chi connectivity index (χ2v) is 6.11. The van der Waals surface area contributed by atoms with Crippen molar-refractivity contribution in [2.75, 3.05) is 6.54 Å². The summed E-state index contributed by atoms with van der Waals surface area (Å²) in [6.07, 6.45) is 1.52. The first-order valence-electron chi connectivity index (χ1n) is 5.46. The maximum absolute atomic E-state index is 11.9. The smallest absolute Gasteiger partial charge is 0.310 e. The van der Waals surface area contributed by atoms with Gasteiger partial charge in [0, 0.05) is 6.54 Å². The van der Waals surface area contributed by atoms with E-state index in [4.69, 9.17) is 5.11 Å². The predicted molar refractivity (Wildman–Crippen MR) is 64.5 cm³/mol. The van der Waals surface area contributed by atoms with Gasteiger partial charge in [-0.2, -0.15) is 0 Å². The molecule has 1 aromatic rings. The van der Waals surface area contributed by atoms with Crippen molar-refractivity contribution in [1.82, 2.24) is 14.7 Å². The molecule has 0 aliphatic rings. The van der Waals surface area contributed by atoms with E-state index in [1.165, 1.54) is 13.1 Å². The average molecular weight is 275 g/mol. The number of nitrogens with zero attached hydrogens (tertiary/aromatic N) is 1. The quantitative estimate of drug-likeness (QED) is 0.699. The fourth-order valence-corrected chi connectivity index (χ4v) is 2.36. The molecule has 7 nitrogen and oxygen atoms in total. The molecule has 0 saturated carbocycles. The second kappa shape index (κ2) is 5.07. The molecule has 0 amide bonds. The SMILES string of the molecule is CCC(C)(CNS(=O)(=O)c1cnc(C)[nH]1)C(=O)O. The Hall–Kier alpha value is -1.41. The molecular formula is C10H17N3O4S. The van der Waals surface area contributed by atoms with E-state index in [-0.39, 0.29) is 11.6 Å². The zero-order valence-electron chi connectivity index (χ0n) is 10.5. The molecule has 0 radical (unpaired) electrons. The van der Waals surface area contributed by atoms with Crippen molar-refractivity contribution in [3.63, 3.8) is 0 Å². The highest BCUT2D eigenvalue weighted by molar-refractivity contribution is 7.89. The van der Waals surface area contributed by atoms with E-state index < -0.39 is 21.4 Å². The Bertz CT molecular complexity index is 537. The van der Waals surface area contributed by atoms with Crippen LogP contribution in [-0.2, 0) is 14.8 Å². The summed E-state index contributed by atoms with van der Waals surface area (Å²) in [5, 5.41) is 8.98. The van der Waals surface area contributed by atoms with Crippen molar-refractivity contribution in [1.29, 1.82) is 0 Å². The first kappa shape index (κ1) is 14.7. The molecule has 0 fully saturated rings. The minimum absolute atomic E-state index is 0.0659. The average Bonchev–Trinajstić information content (AvgIpc) is 2.73. The van der Waals surface area contributed by atoms with Crippen LogP contribution in [0.15, 0.2) is 11.2 Å². The molecule has 1 unspecified atom stereocenters. The predicted octanol–water partition coefficient (Wildman–Crippen LogP) is 0.497. The van der Waals surface area contributed by atoms with Gasteiger partial charge in [0.15, 0.2) is 5.03 Å². The molecular weight excluding hydrogens is 258 g/mol. The van der Waals surface area contributed by atoms with E-state index in [1.807, 2.05) is 0 Å². The van der Waals surface area contributed by atoms with Gasteiger partial charge in [0.05, 0.1) is 11.6 Å². The molecule has 0 aliphatic carbocycles. The summed E-state index contributed by atoms with van der Waals surface area (Å²) < 4.78 is 26.0. The number of aromatic amines is 1. The van der Waals surface area contributed by atoms with Crippen molar-refractivity contribution in [3.8, 4) is 0 Å². The lowest BCUT2D eigenvalue weighted by atomic mass is 9.88. The van der Waals surface area contributed by atoms with Crippen LogP contribution in [0.3, 0.4) is 0 Å². The minimum atomic E-state index is -3.75. The third-order valence-corrected chi connectivity index (χ3v) is 4.23. The number of aryl methyl sites for hydroxylation is 1. The van der Waals surface area contributed by atoms with Crippen LogP contribution in [0.1, 0.15) is 26.1 Å². The molecule has 1 rings (SSSR count). The standard InChI is InChI=1S/C10H17N3O4S/c1-4-10(3,9(14)15)6-12-18(16,17)8-5-11-7(2)13-8/h5,12H,4,6H2,1-3H3,(H,11,13)(H,14,15). The molecule has 1 aromatic heterocycles. The van der Waals surface area contributed by atoms with Crippen LogP contribution in [0, 0.1) is 12.3 Å². The Balaban J connectivity index is 2.83. The second-order valence-electron chi connectivity index (χ2n) is 4.38. The summed E-state index contributed by atoms with van der Waals surface area (Å²) >= 11 is 0. The van der Waals surface area contributed by atoms with Crippen molar-refractivity contribution in [2.45, 2.75) is 32.2 Å². The lowest BCUT2D eigenvalue weighted by Crippen LogP contribution is -2.40. The largest absolute Gasteiger partial charge is 0.481 e. The van der Waals surface area contributed by atoms with Crippen LogP contribution in [0.4, 0.5) is 0 Å². The number of hydrogen-bond donors (Lipinski definition) is 3. The number of sulfonamides is 1. The molecule has 0 saturated heterocycles. The van der Waals surface area contributed by atoms with Crippen molar-refractivity contribution >= 4 is 16.0 Å². The number of aromatic nitrogens is 2. The van der Waals surface area contributed by atoms with Gasteiger partial charge in [-0.3, -0.25) is 4.79 Å². The first-order valence-corrected chi connectivity index (χ1v) is 6.94. The van der Waals surface area contributed by atoms with E-state index >= 15 is 0 Å². The van der Waals surface area contributed by atoms with Crippen LogP contribution in [0.5, 0.6) is 0 Å². The van der Waals surface area contributed by atoms with Crippen LogP contribution in [0.25, 0.3) is 0 Å². The number of rotatable bonds is 6. The monoisotopic (exact) mass is 275 g/mol. The molecule has 0 aliphatic heterocycles. The van der Waals surface area contributed by atoms with Gasteiger partial charge >= 0.3 is 5.97 Å². The lowest BCUT2D eigenvalue weighted by Gasteiger charge is -2.22. The number of nitrogens with one attached hydrogen (secondary N) is 2. The van der Waals surface area contributed by atoms with Gasteiger partial charge in [-0.15, -0.1) is 0 Å². The summed E-state index contributed by atoms with van der Waals surface area (Å²) in [5.41, 5.74) is -1.12. The summed E-state index contributed by atoms with van der Waals surface area (Å²) in [6.45, 7) is 4.66. The number of aliphatic carboxylic acids is 1. The molecule has 0 bridgehead atoms. The van der Waals surface area contributed by atoms with Gasteiger partial charge in [-0.1, -0.05) is 6.92 Å². The Kier molecular flexibility index (Phi) is 4.12. The molecule has 102 valence electrons. The number of imidazole rings is 1. The normalized spacial score (nSPS) is 15.3. The fourth-order valence-electron chi connectivity index (χ4n) is 1.22. The van der Waals surface area contributed by atoms with Gasteiger partial charge in [-0.05, 0) is 20.3 Å². The van der Waals surface area contributed by atoms with Gasteiger partial charge in [-0.25, -0.2) is 18.1 Å². The van der Waals surface area contributed by atoms with Crippen molar-refractivity contribution in [3.05, 3.63) is 12.0 Å². The van der Waals surface area contributed by atoms with Gasteiger partial charge in [0.1, 0.15) is 5.82 Å². The van der Waals surface area contributed by atoms with Crippen LogP contribution in [0.2, 0.25) is 0 Å². The Morgan fingerprint density at radius 3 is 2.61 bits per heavy atom. The third-order valence-electron chi connectivity index (χ3n) is 2.92. The molecule has 1 atom stereocenters. The number of carbonyl (C=O) groups is 1. The number of H-pyrrole nitrogens is 1. The Morgan fingerprint density at radius 1 is 1.61 bits per heavy atom. The summed E-state index contributed by atoms with van der Waals surface area (Å²) in [5.74, 6) is -0.555. The fraction of sp³-hybridized carbons (Fsp3) is 0.600. The summed E-state index contributed by atoms with van der Waals surface area (Å²) in [4.78, 5) is 17.4. The maximum atomic E-state index is 11.9. The first-order chi connectivity index (χ1) is 8.21. The molecule has 18 heavy (non-hydrogen) atoms. The van der Waals surface area contributed by atoms with Crippen LogP contribution >= 0.6 is 0 Å². The van der Waals surface area contributed by atoms with E-state index in [0.29, 0.717) is 12.2 Å². The molecule has 1 heterocycles. The maximum Gasteiger partial charge on any atom is 0.310 e. The summed E-state index contributed by atoms with van der Waals surface area (Å²) in [7, 11) is -3.75. The minimum Gasteiger partial charge on any atom is -0.481 e. The zero-order chi connectivity index (χ0) is 14.0. The molecule has 0 aromatic carbocycles. The van der Waals surface area contributed by atoms with E-state index in [0.717, 1.165) is 0 Å². The summed E-state index contributed by atoms with van der Waals surface area (Å²) in [6, 6.07) is 0. The highest BCUT2D eigenvalue weighted by Gasteiger charge is 2.33. The van der Waals surface area contributed by atoms with Crippen molar-refractivity contribution < 1.29 is 18.3 Å². The molecule has 3 N–H and O–H groups in total. The zero-order valence-corrected chi connectivity index (χ0v) is 11.3.